The molecule has 1 atom stereocenters. The Balaban J connectivity index is 1.66. The molecule has 0 aliphatic carbocycles. The Morgan fingerprint density at radius 1 is 1.38 bits per heavy atom. The van der Waals surface area contributed by atoms with E-state index >= 15 is 0 Å². The molecule has 1 aliphatic rings. The van der Waals surface area contributed by atoms with Gasteiger partial charge in [-0.25, -0.2) is 9.99 Å². The molecule has 2 heterocycles. The summed E-state index contributed by atoms with van der Waals surface area (Å²) in [5, 5.41) is 6.66. The zero-order valence-electron chi connectivity index (χ0n) is 11.7. The van der Waals surface area contributed by atoms with Crippen LogP contribution in [0.3, 0.4) is 0 Å². The van der Waals surface area contributed by atoms with Crippen LogP contribution in [0.4, 0.5) is 0 Å². The number of aryl methyl sites for hydroxylation is 1. The number of carbonyl (C=O) groups excluding carboxylic acids is 1. The van der Waals surface area contributed by atoms with Gasteiger partial charge in [-0.3, -0.25) is 4.79 Å². The summed E-state index contributed by atoms with van der Waals surface area (Å²) in [6.45, 7) is 0. The van der Waals surface area contributed by atoms with Gasteiger partial charge >= 0.3 is 0 Å². The summed E-state index contributed by atoms with van der Waals surface area (Å²) in [4.78, 5) is 16.6. The van der Waals surface area contributed by atoms with Crippen molar-refractivity contribution in [2.75, 3.05) is 5.75 Å². The lowest BCUT2D eigenvalue weighted by atomic mass is 10.0. The Morgan fingerprint density at radius 2 is 2.19 bits per heavy atom. The first-order chi connectivity index (χ1) is 10.3. The molecule has 1 amide bonds. The monoisotopic (exact) mass is 300 g/mol. The summed E-state index contributed by atoms with van der Waals surface area (Å²) in [6, 6.07) is 10.0. The van der Waals surface area contributed by atoms with E-state index < -0.39 is 0 Å². The topological polar surface area (TPSA) is 50.5 Å². The number of aromatic nitrogens is 2. The Labute approximate surface area is 127 Å². The van der Waals surface area contributed by atoms with Crippen molar-refractivity contribution in [1.29, 1.82) is 0 Å². The van der Waals surface area contributed by atoms with E-state index in [-0.39, 0.29) is 11.9 Å². The molecule has 1 aromatic carbocycles. The van der Waals surface area contributed by atoms with E-state index in [4.69, 9.17) is 0 Å². The standard InChI is InChI=1S/C15H16N4OS/c1-18-10-9-16-15(18)21-11-14(20)19-13(7-8-17-19)12-5-3-2-4-6-12/h2-6,8-10,13H,7,11H2,1H3/t13-/m1/s1. The molecule has 1 aliphatic heterocycles. The van der Waals surface area contributed by atoms with Gasteiger partial charge < -0.3 is 4.57 Å². The zero-order chi connectivity index (χ0) is 14.7. The van der Waals surface area contributed by atoms with Crippen LogP contribution in [-0.2, 0) is 11.8 Å². The largest absolute Gasteiger partial charge is 0.329 e. The molecule has 108 valence electrons. The van der Waals surface area contributed by atoms with Gasteiger partial charge in [0.25, 0.3) is 5.91 Å². The van der Waals surface area contributed by atoms with Crippen molar-refractivity contribution in [2.24, 2.45) is 12.1 Å². The van der Waals surface area contributed by atoms with Gasteiger partial charge in [0, 0.05) is 32.1 Å². The summed E-state index contributed by atoms with van der Waals surface area (Å²) in [6.07, 6.45) is 6.17. The summed E-state index contributed by atoms with van der Waals surface area (Å²) in [7, 11) is 1.92. The Kier molecular flexibility index (Phi) is 4.06. The minimum absolute atomic E-state index is 0.00519. The van der Waals surface area contributed by atoms with Crippen molar-refractivity contribution >= 4 is 23.9 Å². The van der Waals surface area contributed by atoms with Crippen molar-refractivity contribution in [2.45, 2.75) is 17.6 Å². The normalized spacial score (nSPS) is 17.4. The van der Waals surface area contributed by atoms with Gasteiger partial charge in [-0.2, -0.15) is 5.10 Å². The average molecular weight is 300 g/mol. The minimum Gasteiger partial charge on any atom is -0.329 e. The average Bonchev–Trinajstić information content (AvgIpc) is 3.15. The molecule has 3 rings (SSSR count). The van der Waals surface area contributed by atoms with Crippen LogP contribution < -0.4 is 0 Å². The SMILES string of the molecule is Cn1ccnc1SCC(=O)N1N=CC[C@@H]1c1ccccc1. The van der Waals surface area contributed by atoms with Crippen molar-refractivity contribution < 1.29 is 4.79 Å². The predicted octanol–water partition coefficient (Wildman–Crippen LogP) is 2.47. The number of thioether (sulfide) groups is 1. The molecule has 0 radical (unpaired) electrons. The molecule has 0 spiro atoms. The third-order valence-corrected chi connectivity index (χ3v) is 4.41. The minimum atomic E-state index is 0.00519. The molecular weight excluding hydrogens is 284 g/mol. The van der Waals surface area contributed by atoms with E-state index in [9.17, 15) is 4.79 Å². The summed E-state index contributed by atoms with van der Waals surface area (Å²) in [5.74, 6) is 0.344. The van der Waals surface area contributed by atoms with E-state index in [2.05, 4.69) is 10.1 Å². The predicted molar refractivity (Wildman–Crippen MR) is 83.1 cm³/mol. The maximum atomic E-state index is 12.4. The van der Waals surface area contributed by atoms with Gasteiger partial charge in [0.1, 0.15) is 0 Å². The molecular formula is C15H16N4OS. The molecule has 0 N–H and O–H groups in total. The zero-order valence-corrected chi connectivity index (χ0v) is 12.5. The van der Waals surface area contributed by atoms with Crippen LogP contribution in [0.1, 0.15) is 18.0 Å². The van der Waals surface area contributed by atoms with Crippen LogP contribution in [-0.4, -0.2) is 32.4 Å². The lowest BCUT2D eigenvalue weighted by Gasteiger charge is -2.22. The molecule has 2 aromatic rings. The molecule has 0 fully saturated rings. The number of hydrazone groups is 1. The van der Waals surface area contributed by atoms with E-state index in [0.717, 1.165) is 17.1 Å². The number of rotatable bonds is 4. The van der Waals surface area contributed by atoms with Gasteiger partial charge in [-0.15, -0.1) is 0 Å². The number of benzene rings is 1. The lowest BCUT2D eigenvalue weighted by molar-refractivity contribution is -0.130. The van der Waals surface area contributed by atoms with Crippen LogP contribution in [0.5, 0.6) is 0 Å². The molecule has 21 heavy (non-hydrogen) atoms. The maximum absolute atomic E-state index is 12.4. The molecule has 0 saturated carbocycles. The fraction of sp³-hybridized carbons (Fsp3) is 0.267. The molecule has 1 aromatic heterocycles. The molecule has 5 nitrogen and oxygen atoms in total. The highest BCUT2D eigenvalue weighted by Crippen LogP contribution is 2.29. The molecule has 0 saturated heterocycles. The van der Waals surface area contributed by atoms with E-state index in [1.807, 2.05) is 48.1 Å². The van der Waals surface area contributed by atoms with Gasteiger partial charge in [-0.05, 0) is 5.56 Å². The smallest absolute Gasteiger partial charge is 0.253 e. The second-order valence-corrected chi connectivity index (χ2v) is 5.75. The van der Waals surface area contributed by atoms with Crippen LogP contribution >= 0.6 is 11.8 Å². The van der Waals surface area contributed by atoms with Crippen LogP contribution in [0, 0.1) is 0 Å². The highest BCUT2D eigenvalue weighted by Gasteiger charge is 2.28. The number of hydrogen-bond acceptors (Lipinski definition) is 4. The maximum Gasteiger partial charge on any atom is 0.253 e. The van der Waals surface area contributed by atoms with Crippen molar-refractivity contribution in [3.05, 3.63) is 48.3 Å². The summed E-state index contributed by atoms with van der Waals surface area (Å²) >= 11 is 1.43. The molecule has 0 bridgehead atoms. The highest BCUT2D eigenvalue weighted by molar-refractivity contribution is 7.99. The second-order valence-electron chi connectivity index (χ2n) is 4.81. The Hall–Kier alpha value is -2.08. The van der Waals surface area contributed by atoms with Crippen LogP contribution in [0.25, 0.3) is 0 Å². The quantitative estimate of drug-likeness (QED) is 0.815. The third kappa shape index (κ3) is 3.00. The fourth-order valence-electron chi connectivity index (χ4n) is 2.29. The molecule has 6 heteroatoms. The van der Waals surface area contributed by atoms with E-state index in [1.54, 1.807) is 17.4 Å². The van der Waals surface area contributed by atoms with E-state index in [1.165, 1.54) is 11.8 Å². The molecule has 0 unspecified atom stereocenters. The lowest BCUT2D eigenvalue weighted by Crippen LogP contribution is -2.28. The van der Waals surface area contributed by atoms with Crippen LogP contribution in [0.15, 0.2) is 53.0 Å². The number of carbonyl (C=O) groups is 1. The van der Waals surface area contributed by atoms with Gasteiger partial charge in [-0.1, -0.05) is 42.1 Å². The van der Waals surface area contributed by atoms with E-state index in [0.29, 0.717) is 5.75 Å². The van der Waals surface area contributed by atoms with Gasteiger partial charge in [0.15, 0.2) is 5.16 Å². The number of imidazole rings is 1. The Morgan fingerprint density at radius 3 is 2.90 bits per heavy atom. The first kappa shape index (κ1) is 13.9. The highest BCUT2D eigenvalue weighted by atomic mass is 32.2. The second kappa shape index (κ2) is 6.13. The van der Waals surface area contributed by atoms with Gasteiger partial charge in [0.05, 0.1) is 11.8 Å². The first-order valence-corrected chi connectivity index (χ1v) is 7.74. The van der Waals surface area contributed by atoms with Crippen LogP contribution in [0.2, 0.25) is 0 Å². The van der Waals surface area contributed by atoms with Crippen molar-refractivity contribution in [3.8, 4) is 0 Å². The van der Waals surface area contributed by atoms with Gasteiger partial charge in [0.2, 0.25) is 0 Å². The third-order valence-electron chi connectivity index (χ3n) is 3.37. The Bertz CT molecular complexity index is 653. The summed E-state index contributed by atoms with van der Waals surface area (Å²) < 4.78 is 1.90. The summed E-state index contributed by atoms with van der Waals surface area (Å²) in [5.41, 5.74) is 1.12. The number of hydrogen-bond donors (Lipinski definition) is 0. The fourth-order valence-corrected chi connectivity index (χ4v) is 3.07. The van der Waals surface area contributed by atoms with Crippen molar-refractivity contribution in [1.82, 2.24) is 14.6 Å². The number of nitrogens with zero attached hydrogens (tertiary/aromatic N) is 4. The first-order valence-electron chi connectivity index (χ1n) is 6.75. The number of amides is 1. The van der Waals surface area contributed by atoms with Crippen molar-refractivity contribution in [3.63, 3.8) is 0 Å².